The van der Waals surface area contributed by atoms with Crippen LogP contribution in [-0.2, 0) is 6.67 Å². The lowest BCUT2D eigenvalue weighted by molar-refractivity contribution is -0.944. The van der Waals surface area contributed by atoms with Gasteiger partial charge in [0.2, 0.25) is 0 Å². The lowest BCUT2D eigenvalue weighted by atomic mass is 10.1. The Hall–Kier alpha value is -1.24. The van der Waals surface area contributed by atoms with Crippen molar-refractivity contribution < 1.29 is 16.9 Å². The van der Waals surface area contributed by atoms with E-state index in [9.17, 15) is 0 Å². The van der Waals surface area contributed by atoms with Gasteiger partial charge in [0.25, 0.3) is 0 Å². The summed E-state index contributed by atoms with van der Waals surface area (Å²) in [5.74, 6) is 0.726. The van der Waals surface area contributed by atoms with Crippen molar-refractivity contribution in [1.82, 2.24) is 19.6 Å². The molecule has 0 aliphatic heterocycles. The molecule has 2 heterocycles. The molecule has 1 aromatic carbocycles. The lowest BCUT2D eigenvalue weighted by Crippen LogP contribution is -3.00. The van der Waals surface area contributed by atoms with Crippen molar-refractivity contribution in [2.24, 2.45) is 0 Å². The molecule has 2 aromatic heterocycles. The fourth-order valence-corrected chi connectivity index (χ4v) is 3.68. The van der Waals surface area contributed by atoms with Crippen LogP contribution in [0.3, 0.4) is 0 Å². The summed E-state index contributed by atoms with van der Waals surface area (Å²) < 4.78 is 4.64. The van der Waals surface area contributed by atoms with Crippen molar-refractivity contribution in [3.05, 3.63) is 51.7 Å². The maximum Gasteiger partial charge on any atom is 0.175 e. The molecule has 0 radical (unpaired) electrons. The fourth-order valence-electron chi connectivity index (χ4n) is 3.14. The van der Waals surface area contributed by atoms with Gasteiger partial charge in [0, 0.05) is 17.8 Å². The second-order valence-electron chi connectivity index (χ2n) is 6.54. The first kappa shape index (κ1) is 23.0. The van der Waals surface area contributed by atoms with Gasteiger partial charge in [0.15, 0.2) is 12.5 Å². The molecule has 0 N–H and O–H groups in total. The molecule has 0 bridgehead atoms. The third-order valence-corrected chi connectivity index (χ3v) is 6.20. The van der Waals surface area contributed by atoms with Crippen molar-refractivity contribution in [3.63, 3.8) is 0 Å². The van der Waals surface area contributed by atoms with Crippen LogP contribution in [0.15, 0.2) is 36.7 Å². The zero-order valence-electron chi connectivity index (χ0n) is 16.0. The van der Waals surface area contributed by atoms with Gasteiger partial charge >= 0.3 is 0 Å². The Balaban J connectivity index is 0.00000280. The Morgan fingerprint density at radius 2 is 1.57 bits per heavy atom. The highest BCUT2D eigenvalue weighted by Crippen LogP contribution is 2.32. The van der Waals surface area contributed by atoms with Crippen LogP contribution in [0, 0.1) is 0 Å². The van der Waals surface area contributed by atoms with Crippen LogP contribution in [0.5, 0.6) is 0 Å². The molecular formula is C19H23Cl4N5. The summed E-state index contributed by atoms with van der Waals surface area (Å²) in [5.41, 5.74) is 1.46. The largest absolute Gasteiger partial charge is 1.00 e. The molecule has 0 aliphatic rings. The maximum absolute atomic E-state index is 6.41. The van der Waals surface area contributed by atoms with Crippen LogP contribution in [-0.4, -0.2) is 43.7 Å². The van der Waals surface area contributed by atoms with Crippen LogP contribution < -0.4 is 12.4 Å². The molecule has 0 saturated heterocycles. The summed E-state index contributed by atoms with van der Waals surface area (Å²) >= 11 is 18.5. The lowest BCUT2D eigenvalue weighted by Gasteiger charge is -2.35. The Kier molecular flexibility index (Phi) is 7.82. The van der Waals surface area contributed by atoms with E-state index in [0.29, 0.717) is 20.8 Å². The van der Waals surface area contributed by atoms with Crippen LogP contribution in [0.4, 0.5) is 0 Å². The first-order valence-electron chi connectivity index (χ1n) is 9.01. The number of nitrogens with zero attached hydrogens (tertiary/aromatic N) is 5. The SMILES string of the molecule is CC[N+](CC)(CC)Cn1ccc(-n2cc(Cl)c(-c3ccc(Cl)c(Cl)c3)n2)n1.[Cl-]. The maximum atomic E-state index is 6.41. The molecule has 0 unspecified atom stereocenters. The highest BCUT2D eigenvalue weighted by molar-refractivity contribution is 6.42. The molecule has 0 spiro atoms. The Labute approximate surface area is 186 Å². The minimum Gasteiger partial charge on any atom is -1.00 e. The average Bonchev–Trinajstić information content (AvgIpc) is 3.28. The van der Waals surface area contributed by atoms with Crippen molar-refractivity contribution >= 4 is 34.8 Å². The highest BCUT2D eigenvalue weighted by Gasteiger charge is 2.22. The number of aromatic nitrogens is 4. The topological polar surface area (TPSA) is 35.6 Å². The molecule has 152 valence electrons. The molecule has 0 aliphatic carbocycles. The van der Waals surface area contributed by atoms with Crippen LogP contribution >= 0.6 is 34.8 Å². The molecule has 0 atom stereocenters. The molecule has 0 saturated carbocycles. The Morgan fingerprint density at radius 3 is 2.18 bits per heavy atom. The zero-order chi connectivity index (χ0) is 19.6. The summed E-state index contributed by atoms with van der Waals surface area (Å²) in [6.07, 6.45) is 3.74. The third-order valence-electron chi connectivity index (χ3n) is 5.18. The summed E-state index contributed by atoms with van der Waals surface area (Å²) in [6.45, 7) is 10.7. The van der Waals surface area contributed by atoms with E-state index in [-0.39, 0.29) is 12.4 Å². The first-order valence-corrected chi connectivity index (χ1v) is 10.1. The Bertz CT molecular complexity index is 922. The summed E-state index contributed by atoms with van der Waals surface area (Å²) in [5, 5.41) is 10.8. The van der Waals surface area contributed by atoms with E-state index in [4.69, 9.17) is 34.8 Å². The van der Waals surface area contributed by atoms with Crippen molar-refractivity contribution in [3.8, 4) is 17.1 Å². The molecule has 3 rings (SSSR count). The zero-order valence-corrected chi connectivity index (χ0v) is 19.1. The number of quaternary nitrogens is 1. The second-order valence-corrected chi connectivity index (χ2v) is 7.77. The van der Waals surface area contributed by atoms with E-state index in [2.05, 4.69) is 31.0 Å². The normalized spacial score (nSPS) is 11.5. The monoisotopic (exact) mass is 461 g/mol. The number of halogens is 4. The van der Waals surface area contributed by atoms with Gasteiger partial charge in [0.05, 0.1) is 40.9 Å². The minimum absolute atomic E-state index is 0. The molecule has 0 fully saturated rings. The summed E-state index contributed by atoms with van der Waals surface area (Å²) in [4.78, 5) is 0. The molecule has 5 nitrogen and oxygen atoms in total. The average molecular weight is 463 g/mol. The van der Waals surface area contributed by atoms with Crippen LogP contribution in [0.2, 0.25) is 15.1 Å². The number of rotatable bonds is 7. The standard InChI is InChI=1S/C19H23Cl3N5.ClH/c1-4-27(5-2,6-3)13-25-10-9-18(23-25)26-12-17(22)19(24-26)14-7-8-15(20)16(21)11-14;/h7-12H,4-6,13H2,1-3H3;1H/q+1;/p-1. The third kappa shape index (κ3) is 4.66. The predicted molar refractivity (Wildman–Crippen MR) is 112 cm³/mol. The van der Waals surface area contributed by atoms with E-state index in [0.717, 1.165) is 42.2 Å². The van der Waals surface area contributed by atoms with E-state index in [1.807, 2.05) is 23.0 Å². The molecule has 3 aromatic rings. The van der Waals surface area contributed by atoms with Gasteiger partial charge in [-0.3, -0.25) is 0 Å². The number of hydrogen-bond acceptors (Lipinski definition) is 2. The summed E-state index contributed by atoms with van der Waals surface area (Å²) in [7, 11) is 0. The van der Waals surface area contributed by atoms with E-state index in [1.165, 1.54) is 0 Å². The van der Waals surface area contributed by atoms with E-state index in [1.54, 1.807) is 23.0 Å². The molecule has 28 heavy (non-hydrogen) atoms. The quantitative estimate of drug-likeness (QED) is 0.506. The van der Waals surface area contributed by atoms with Gasteiger partial charge in [-0.05, 0) is 32.9 Å². The van der Waals surface area contributed by atoms with E-state index < -0.39 is 0 Å². The summed E-state index contributed by atoms with van der Waals surface area (Å²) in [6, 6.07) is 7.29. The Morgan fingerprint density at radius 1 is 0.893 bits per heavy atom. The molecule has 9 heteroatoms. The first-order chi connectivity index (χ1) is 12.9. The number of benzene rings is 1. The van der Waals surface area contributed by atoms with Gasteiger partial charge < -0.3 is 16.9 Å². The van der Waals surface area contributed by atoms with Gasteiger partial charge in [-0.15, -0.1) is 5.10 Å². The van der Waals surface area contributed by atoms with Crippen molar-refractivity contribution in [2.45, 2.75) is 27.4 Å². The van der Waals surface area contributed by atoms with Gasteiger partial charge in [-0.2, -0.15) is 5.10 Å². The van der Waals surface area contributed by atoms with Gasteiger partial charge in [-0.25, -0.2) is 9.36 Å². The van der Waals surface area contributed by atoms with Crippen LogP contribution in [0.1, 0.15) is 20.8 Å². The predicted octanol–water partition coefficient (Wildman–Crippen LogP) is 2.53. The highest BCUT2D eigenvalue weighted by atomic mass is 35.5. The molecular weight excluding hydrogens is 440 g/mol. The van der Waals surface area contributed by atoms with Crippen molar-refractivity contribution in [2.75, 3.05) is 19.6 Å². The van der Waals surface area contributed by atoms with Crippen LogP contribution in [0.25, 0.3) is 17.1 Å². The van der Waals surface area contributed by atoms with Gasteiger partial charge in [-0.1, -0.05) is 40.9 Å². The smallest absolute Gasteiger partial charge is 0.175 e. The van der Waals surface area contributed by atoms with Gasteiger partial charge in [0.1, 0.15) is 5.69 Å². The number of hydrogen-bond donors (Lipinski definition) is 0. The second kappa shape index (κ2) is 9.51. The minimum atomic E-state index is 0. The molecule has 0 amide bonds. The van der Waals surface area contributed by atoms with E-state index >= 15 is 0 Å². The van der Waals surface area contributed by atoms with Crippen molar-refractivity contribution in [1.29, 1.82) is 0 Å². The fraction of sp³-hybridized carbons (Fsp3) is 0.368.